The number of hydrogen-bond donors (Lipinski definition) is 2. The van der Waals surface area contributed by atoms with Gasteiger partial charge >= 0.3 is 0 Å². The first-order chi connectivity index (χ1) is 17.9. The van der Waals surface area contributed by atoms with E-state index < -0.39 is 5.82 Å². The highest BCUT2D eigenvalue weighted by Crippen LogP contribution is 2.33. The molecular weight excluding hydrogens is 467 g/mol. The van der Waals surface area contributed by atoms with E-state index in [1.807, 2.05) is 22.8 Å². The zero-order valence-electron chi connectivity index (χ0n) is 21.6. The van der Waals surface area contributed by atoms with E-state index in [0.717, 1.165) is 62.1 Å². The fourth-order valence-electron chi connectivity index (χ4n) is 5.42. The van der Waals surface area contributed by atoms with Crippen LogP contribution in [0, 0.1) is 18.7 Å². The highest BCUT2D eigenvalue weighted by Gasteiger charge is 2.26. The second kappa shape index (κ2) is 9.69. The van der Waals surface area contributed by atoms with E-state index >= 15 is 0 Å². The Hall–Kier alpha value is -3.03. The van der Waals surface area contributed by atoms with E-state index in [9.17, 15) is 14.0 Å². The summed E-state index contributed by atoms with van der Waals surface area (Å²) in [5.74, 6) is -0.0384. The molecule has 2 heterocycles. The summed E-state index contributed by atoms with van der Waals surface area (Å²) in [5, 5.41) is 8.02. The van der Waals surface area contributed by atoms with Crippen molar-refractivity contribution in [2.24, 2.45) is 5.92 Å². The van der Waals surface area contributed by atoms with Gasteiger partial charge in [0.15, 0.2) is 0 Å². The predicted octanol–water partition coefficient (Wildman–Crippen LogP) is 4.21. The SMILES string of the molecule is Cc1c(F)cc(C(=O)NC2CC2)cc1-c1ccc2c(=O)n(CC3CC3)cc(CN3CCNCC3C)c2c1. The lowest BCUT2D eigenvalue weighted by molar-refractivity contribution is 0.0950. The first-order valence-electron chi connectivity index (χ1n) is 13.6. The molecule has 2 N–H and O–H groups in total. The van der Waals surface area contributed by atoms with Crippen LogP contribution < -0.4 is 16.2 Å². The van der Waals surface area contributed by atoms with Crippen molar-refractivity contribution in [1.29, 1.82) is 0 Å². The lowest BCUT2D eigenvalue weighted by atomic mass is 9.94. The second-order valence-corrected chi connectivity index (χ2v) is 11.2. The molecule has 6 nitrogen and oxygen atoms in total. The first kappa shape index (κ1) is 24.3. The number of carbonyl (C=O) groups is 1. The molecule has 194 valence electrons. The maximum Gasteiger partial charge on any atom is 0.258 e. The van der Waals surface area contributed by atoms with Gasteiger partial charge in [0, 0.05) is 62.0 Å². The molecule has 6 rings (SSSR count). The lowest BCUT2D eigenvalue weighted by Gasteiger charge is -2.34. The minimum Gasteiger partial charge on any atom is -0.349 e. The molecule has 2 aromatic carbocycles. The topological polar surface area (TPSA) is 66.4 Å². The van der Waals surface area contributed by atoms with E-state index in [1.54, 1.807) is 13.0 Å². The number of nitrogens with one attached hydrogen (secondary N) is 2. The highest BCUT2D eigenvalue weighted by atomic mass is 19.1. The number of amides is 1. The molecule has 3 aromatic rings. The molecular formula is C30H35FN4O2. The molecule has 1 aliphatic heterocycles. The van der Waals surface area contributed by atoms with Crippen molar-refractivity contribution in [1.82, 2.24) is 20.1 Å². The smallest absolute Gasteiger partial charge is 0.258 e. The summed E-state index contributed by atoms with van der Waals surface area (Å²) in [7, 11) is 0. The molecule has 3 aliphatic rings. The molecule has 2 saturated carbocycles. The number of piperazine rings is 1. The summed E-state index contributed by atoms with van der Waals surface area (Å²) in [6.45, 7) is 8.34. The largest absolute Gasteiger partial charge is 0.349 e. The number of fused-ring (bicyclic) bond motifs is 1. The molecule has 0 bridgehead atoms. The Morgan fingerprint density at radius 2 is 1.95 bits per heavy atom. The van der Waals surface area contributed by atoms with Crippen molar-refractivity contribution >= 4 is 16.7 Å². The third-order valence-electron chi connectivity index (χ3n) is 8.16. The van der Waals surface area contributed by atoms with E-state index in [0.29, 0.717) is 34.0 Å². The van der Waals surface area contributed by atoms with E-state index in [-0.39, 0.29) is 17.5 Å². The van der Waals surface area contributed by atoms with Crippen LogP contribution in [0.2, 0.25) is 0 Å². The predicted molar refractivity (Wildman–Crippen MR) is 144 cm³/mol. The van der Waals surface area contributed by atoms with Crippen LogP contribution in [0.3, 0.4) is 0 Å². The van der Waals surface area contributed by atoms with Crippen molar-refractivity contribution in [2.75, 3.05) is 19.6 Å². The molecule has 1 unspecified atom stereocenters. The number of halogens is 1. The standard InChI is InChI=1S/C30H35FN4O2/c1-18-14-32-9-10-34(18)16-23-17-35(15-20-3-4-20)30(37)25-8-5-21(11-27(23)25)26-12-22(13-28(31)19(26)2)29(36)33-24-6-7-24/h5,8,11-13,17-18,20,24,32H,3-4,6-7,9-10,14-16H2,1-2H3,(H,33,36). The van der Waals surface area contributed by atoms with Crippen LogP contribution in [0.25, 0.3) is 21.9 Å². The first-order valence-corrected chi connectivity index (χ1v) is 13.6. The van der Waals surface area contributed by atoms with E-state index in [4.69, 9.17) is 0 Å². The lowest BCUT2D eigenvalue weighted by Crippen LogP contribution is -2.49. The normalized spacial score (nSPS) is 20.4. The number of benzene rings is 2. The number of aromatic nitrogens is 1. The highest BCUT2D eigenvalue weighted by molar-refractivity contribution is 5.97. The zero-order valence-corrected chi connectivity index (χ0v) is 21.6. The van der Waals surface area contributed by atoms with Crippen molar-refractivity contribution in [3.05, 3.63) is 69.4 Å². The van der Waals surface area contributed by atoms with Gasteiger partial charge < -0.3 is 15.2 Å². The Kier molecular flexibility index (Phi) is 6.37. The molecule has 1 atom stereocenters. The monoisotopic (exact) mass is 502 g/mol. The summed E-state index contributed by atoms with van der Waals surface area (Å²) in [4.78, 5) is 28.6. The Morgan fingerprint density at radius 3 is 2.68 bits per heavy atom. The minimum atomic E-state index is -0.395. The number of pyridine rings is 1. The van der Waals surface area contributed by atoms with Gasteiger partial charge in [-0.05, 0) is 97.4 Å². The molecule has 7 heteroatoms. The number of nitrogens with zero attached hydrogens (tertiary/aromatic N) is 2. The van der Waals surface area contributed by atoms with Gasteiger partial charge in [0.05, 0.1) is 0 Å². The maximum absolute atomic E-state index is 15.0. The third-order valence-corrected chi connectivity index (χ3v) is 8.16. The van der Waals surface area contributed by atoms with Crippen molar-refractivity contribution in [3.8, 4) is 11.1 Å². The van der Waals surface area contributed by atoms with Gasteiger partial charge in [0.25, 0.3) is 11.5 Å². The molecule has 3 fully saturated rings. The summed E-state index contributed by atoms with van der Waals surface area (Å²) >= 11 is 0. The van der Waals surface area contributed by atoms with Gasteiger partial charge in [-0.25, -0.2) is 4.39 Å². The molecule has 1 aromatic heterocycles. The van der Waals surface area contributed by atoms with Crippen LogP contribution in [0.5, 0.6) is 0 Å². The van der Waals surface area contributed by atoms with Crippen LogP contribution in [-0.4, -0.2) is 47.1 Å². The Balaban J connectivity index is 1.44. The number of hydrogen-bond acceptors (Lipinski definition) is 4. The van der Waals surface area contributed by atoms with Gasteiger partial charge in [-0.15, -0.1) is 0 Å². The van der Waals surface area contributed by atoms with Crippen LogP contribution in [-0.2, 0) is 13.1 Å². The molecule has 0 spiro atoms. The summed E-state index contributed by atoms with van der Waals surface area (Å²) < 4.78 is 16.9. The van der Waals surface area contributed by atoms with E-state index in [1.165, 1.54) is 18.9 Å². The summed E-state index contributed by atoms with van der Waals surface area (Å²) in [6, 6.07) is 9.50. The van der Waals surface area contributed by atoms with Gasteiger partial charge in [-0.2, -0.15) is 0 Å². The number of rotatable bonds is 7. The molecule has 2 aliphatic carbocycles. The Bertz CT molecular complexity index is 1420. The maximum atomic E-state index is 15.0. The Labute approximate surface area is 216 Å². The number of carbonyl (C=O) groups excluding carboxylic acids is 1. The van der Waals surface area contributed by atoms with Crippen molar-refractivity contribution < 1.29 is 9.18 Å². The van der Waals surface area contributed by atoms with Gasteiger partial charge in [-0.1, -0.05) is 6.07 Å². The van der Waals surface area contributed by atoms with Gasteiger partial charge in [0.1, 0.15) is 5.82 Å². The van der Waals surface area contributed by atoms with Crippen LogP contribution in [0.1, 0.15) is 54.1 Å². The molecule has 1 amide bonds. The molecule has 0 radical (unpaired) electrons. The third kappa shape index (κ3) is 5.07. The van der Waals surface area contributed by atoms with Crippen molar-refractivity contribution in [3.63, 3.8) is 0 Å². The summed E-state index contributed by atoms with van der Waals surface area (Å²) in [5.41, 5.74) is 3.49. The summed E-state index contributed by atoms with van der Waals surface area (Å²) in [6.07, 6.45) is 6.37. The Morgan fingerprint density at radius 1 is 1.14 bits per heavy atom. The van der Waals surface area contributed by atoms with Crippen LogP contribution in [0.15, 0.2) is 41.3 Å². The van der Waals surface area contributed by atoms with Gasteiger partial charge in [0.2, 0.25) is 0 Å². The molecule has 1 saturated heterocycles. The van der Waals surface area contributed by atoms with Crippen LogP contribution in [0.4, 0.5) is 4.39 Å². The molecule has 37 heavy (non-hydrogen) atoms. The van der Waals surface area contributed by atoms with Crippen molar-refractivity contribution in [2.45, 2.75) is 64.7 Å². The average Bonchev–Trinajstić information content (AvgIpc) is 3.82. The zero-order chi connectivity index (χ0) is 25.7. The fourth-order valence-corrected chi connectivity index (χ4v) is 5.42. The second-order valence-electron chi connectivity index (χ2n) is 11.2. The van der Waals surface area contributed by atoms with Crippen LogP contribution >= 0.6 is 0 Å². The average molecular weight is 503 g/mol. The van der Waals surface area contributed by atoms with E-state index in [2.05, 4.69) is 28.7 Å². The fraction of sp³-hybridized carbons (Fsp3) is 0.467. The quantitative estimate of drug-likeness (QED) is 0.508. The minimum absolute atomic E-state index is 0.0334. The van der Waals surface area contributed by atoms with Gasteiger partial charge in [-0.3, -0.25) is 14.5 Å².